The molecule has 1 saturated heterocycles. The number of thiophene rings is 1. The molecular weight excluding hydrogens is 446 g/mol. The second-order valence-electron chi connectivity index (χ2n) is 7.40. The Bertz CT molecular complexity index is 1000. The number of aliphatic hydroxyl groups is 1. The highest BCUT2D eigenvalue weighted by atomic mass is 35.5. The normalized spacial score (nSPS) is 17.2. The molecule has 1 aliphatic heterocycles. The summed E-state index contributed by atoms with van der Waals surface area (Å²) in [6, 6.07) is 5.45. The van der Waals surface area contributed by atoms with Gasteiger partial charge in [-0.1, -0.05) is 6.92 Å². The molecule has 7 nitrogen and oxygen atoms in total. The Hall–Kier alpha value is -1.23. The molecule has 0 aliphatic carbocycles. The van der Waals surface area contributed by atoms with E-state index < -0.39 is 10.0 Å². The summed E-state index contributed by atoms with van der Waals surface area (Å²) in [5.74, 6) is 0. The predicted octanol–water partition coefficient (Wildman–Crippen LogP) is 2.52. The average Bonchev–Trinajstić information content (AvgIpc) is 3.35. The Morgan fingerprint density at radius 2 is 2.13 bits per heavy atom. The summed E-state index contributed by atoms with van der Waals surface area (Å²) in [6.45, 7) is 6.00. The largest absolute Gasteiger partial charge is 0.395 e. The predicted molar refractivity (Wildman–Crippen MR) is 123 cm³/mol. The summed E-state index contributed by atoms with van der Waals surface area (Å²) in [5, 5.41) is 9.36. The van der Waals surface area contributed by atoms with Gasteiger partial charge in [-0.25, -0.2) is 13.1 Å². The number of likely N-dealkylation sites (tertiary alicyclic amines) is 1. The molecule has 3 N–H and O–H groups in total. The van der Waals surface area contributed by atoms with Gasteiger partial charge in [0.15, 0.2) is 0 Å². The maximum Gasteiger partial charge on any atom is 0.251 e. The van der Waals surface area contributed by atoms with Crippen LogP contribution >= 0.6 is 23.7 Å². The molecule has 0 aromatic carbocycles. The lowest BCUT2D eigenvalue weighted by atomic mass is 10.1. The van der Waals surface area contributed by atoms with Gasteiger partial charge < -0.3 is 10.1 Å². The monoisotopic (exact) mass is 475 g/mol. The van der Waals surface area contributed by atoms with E-state index in [1.807, 2.05) is 19.9 Å². The van der Waals surface area contributed by atoms with Crippen LogP contribution in [0.1, 0.15) is 37.4 Å². The maximum atomic E-state index is 12.6. The summed E-state index contributed by atoms with van der Waals surface area (Å²) in [7, 11) is -3.57. The molecular formula is C20H30ClN3O4S2. The number of H-pyrrole nitrogens is 1. The molecule has 2 aromatic heterocycles. The van der Waals surface area contributed by atoms with Crippen molar-refractivity contribution in [2.75, 3.05) is 26.2 Å². The Balaban J connectivity index is 0.00000320. The quantitative estimate of drug-likeness (QED) is 0.483. The number of sulfonamides is 1. The van der Waals surface area contributed by atoms with Crippen molar-refractivity contribution in [1.82, 2.24) is 14.6 Å². The van der Waals surface area contributed by atoms with E-state index in [0.29, 0.717) is 24.9 Å². The molecule has 2 aromatic rings. The maximum absolute atomic E-state index is 12.6. The fourth-order valence-electron chi connectivity index (χ4n) is 3.75. The standard InChI is InChI=1S/C20H29N3O4S2.ClH/c1-3-15-12-17(14(2)22-20(15)25)18-7-8-19(28-18)29(26,27)21-9-5-11-23-10-4-6-16(23)13-24;/h7-8,12,16,21,24H,3-6,9-11,13H2,1-2H3,(H,22,25);1H/t16-;/m1./s1. The SMILES string of the molecule is CCc1cc(-c2ccc(S(=O)(=O)NCCCN3CCC[C@@H]3CO)s2)c(C)[nH]c1=O.Cl. The van der Waals surface area contributed by atoms with Crippen molar-refractivity contribution in [3.8, 4) is 10.4 Å². The number of aliphatic hydroxyl groups excluding tert-OH is 1. The van der Waals surface area contributed by atoms with Crippen LogP contribution in [0.5, 0.6) is 0 Å². The molecule has 0 amide bonds. The Kier molecular flexibility index (Phi) is 9.08. The van der Waals surface area contributed by atoms with Gasteiger partial charge in [-0.05, 0) is 63.9 Å². The van der Waals surface area contributed by atoms with E-state index in [1.165, 1.54) is 11.3 Å². The zero-order valence-electron chi connectivity index (χ0n) is 17.3. The van der Waals surface area contributed by atoms with Crippen LogP contribution in [0.15, 0.2) is 27.2 Å². The van der Waals surface area contributed by atoms with Crippen molar-refractivity contribution in [3.63, 3.8) is 0 Å². The van der Waals surface area contributed by atoms with Crippen LogP contribution in [0.25, 0.3) is 10.4 Å². The number of rotatable bonds is 9. The summed E-state index contributed by atoms with van der Waals surface area (Å²) >= 11 is 1.20. The molecule has 3 rings (SSSR count). The first-order chi connectivity index (χ1) is 13.9. The van der Waals surface area contributed by atoms with E-state index in [4.69, 9.17) is 0 Å². The molecule has 1 aliphatic rings. The van der Waals surface area contributed by atoms with Gasteiger partial charge in [0, 0.05) is 34.3 Å². The van der Waals surface area contributed by atoms with Gasteiger partial charge in [-0.2, -0.15) is 0 Å². The highest BCUT2D eigenvalue weighted by Gasteiger charge is 2.23. The summed E-state index contributed by atoms with van der Waals surface area (Å²) < 4.78 is 28.2. The molecule has 0 bridgehead atoms. The van der Waals surface area contributed by atoms with Crippen molar-refractivity contribution in [2.24, 2.45) is 0 Å². The third kappa shape index (κ3) is 5.72. The van der Waals surface area contributed by atoms with Gasteiger partial charge in [0.05, 0.1) is 6.61 Å². The summed E-state index contributed by atoms with van der Waals surface area (Å²) in [4.78, 5) is 17.8. The molecule has 0 unspecified atom stereocenters. The Morgan fingerprint density at radius 3 is 2.83 bits per heavy atom. The van der Waals surface area contributed by atoms with Crippen LogP contribution in [0.2, 0.25) is 0 Å². The second-order valence-corrected chi connectivity index (χ2v) is 10.5. The van der Waals surface area contributed by atoms with E-state index in [1.54, 1.807) is 12.1 Å². The fraction of sp³-hybridized carbons (Fsp3) is 0.550. The zero-order valence-corrected chi connectivity index (χ0v) is 19.8. The lowest BCUT2D eigenvalue weighted by molar-refractivity contribution is 0.158. The molecule has 0 spiro atoms. The second kappa shape index (κ2) is 10.9. The first kappa shape index (κ1) is 25.0. The smallest absolute Gasteiger partial charge is 0.251 e. The Labute approximate surface area is 188 Å². The van der Waals surface area contributed by atoms with Gasteiger partial charge in [-0.15, -0.1) is 23.7 Å². The van der Waals surface area contributed by atoms with E-state index in [-0.39, 0.29) is 34.8 Å². The number of aryl methyl sites for hydroxylation is 2. The minimum Gasteiger partial charge on any atom is -0.395 e. The molecule has 10 heteroatoms. The average molecular weight is 476 g/mol. The molecule has 3 heterocycles. The number of hydrogen-bond acceptors (Lipinski definition) is 6. The third-order valence-corrected chi connectivity index (χ3v) is 8.50. The van der Waals surface area contributed by atoms with E-state index in [2.05, 4.69) is 14.6 Å². The van der Waals surface area contributed by atoms with Crippen molar-refractivity contribution in [3.05, 3.63) is 39.8 Å². The summed E-state index contributed by atoms with van der Waals surface area (Å²) in [5.41, 5.74) is 2.18. The number of halogens is 1. The van der Waals surface area contributed by atoms with Gasteiger partial charge in [0.25, 0.3) is 5.56 Å². The molecule has 0 saturated carbocycles. The highest BCUT2D eigenvalue weighted by molar-refractivity contribution is 7.91. The van der Waals surface area contributed by atoms with Gasteiger partial charge >= 0.3 is 0 Å². The van der Waals surface area contributed by atoms with Crippen LogP contribution in [-0.2, 0) is 16.4 Å². The molecule has 1 fully saturated rings. The topological polar surface area (TPSA) is 102 Å². The van der Waals surface area contributed by atoms with Crippen molar-refractivity contribution in [1.29, 1.82) is 0 Å². The fourth-order valence-corrected chi connectivity index (χ4v) is 6.25. The van der Waals surface area contributed by atoms with Gasteiger partial charge in [0.1, 0.15) is 4.21 Å². The van der Waals surface area contributed by atoms with Crippen LogP contribution in [0.3, 0.4) is 0 Å². The lowest BCUT2D eigenvalue weighted by Crippen LogP contribution is -2.35. The number of aromatic amines is 1. The van der Waals surface area contributed by atoms with Crippen LogP contribution in [-0.4, -0.2) is 55.7 Å². The first-order valence-electron chi connectivity index (χ1n) is 10.0. The molecule has 0 radical (unpaired) electrons. The van der Waals surface area contributed by atoms with Crippen molar-refractivity contribution >= 4 is 33.8 Å². The number of pyridine rings is 1. The minimum absolute atomic E-state index is 0. The molecule has 30 heavy (non-hydrogen) atoms. The van der Waals surface area contributed by atoms with E-state index in [9.17, 15) is 18.3 Å². The number of aromatic nitrogens is 1. The zero-order chi connectivity index (χ0) is 21.0. The van der Waals surface area contributed by atoms with E-state index in [0.717, 1.165) is 42.1 Å². The highest BCUT2D eigenvalue weighted by Crippen LogP contribution is 2.32. The van der Waals surface area contributed by atoms with E-state index >= 15 is 0 Å². The summed E-state index contributed by atoms with van der Waals surface area (Å²) in [6.07, 6.45) is 3.41. The Morgan fingerprint density at radius 1 is 1.37 bits per heavy atom. The third-order valence-electron chi connectivity index (χ3n) is 5.43. The lowest BCUT2D eigenvalue weighted by Gasteiger charge is -2.22. The number of nitrogens with one attached hydrogen (secondary N) is 2. The van der Waals surface area contributed by atoms with Crippen LogP contribution in [0, 0.1) is 6.92 Å². The van der Waals surface area contributed by atoms with Gasteiger partial charge in [0.2, 0.25) is 10.0 Å². The number of hydrogen-bond donors (Lipinski definition) is 3. The number of nitrogens with zero attached hydrogens (tertiary/aromatic N) is 1. The minimum atomic E-state index is -3.57. The van der Waals surface area contributed by atoms with Crippen LogP contribution < -0.4 is 10.3 Å². The van der Waals surface area contributed by atoms with Crippen molar-refractivity contribution < 1.29 is 13.5 Å². The molecule has 168 valence electrons. The van der Waals surface area contributed by atoms with Crippen LogP contribution in [0.4, 0.5) is 0 Å². The first-order valence-corrected chi connectivity index (χ1v) is 12.3. The van der Waals surface area contributed by atoms with Crippen molar-refractivity contribution in [2.45, 2.75) is 49.8 Å². The van der Waals surface area contributed by atoms with Gasteiger partial charge in [-0.3, -0.25) is 9.69 Å². The molecule has 1 atom stereocenters.